The molecule has 0 aliphatic carbocycles. The van der Waals surface area contributed by atoms with Crippen molar-refractivity contribution in [2.45, 2.75) is 13.0 Å². The van der Waals surface area contributed by atoms with Gasteiger partial charge in [0, 0.05) is 47.8 Å². The van der Waals surface area contributed by atoms with Gasteiger partial charge >= 0.3 is 5.97 Å². The maximum absolute atomic E-state index is 11.3. The van der Waals surface area contributed by atoms with E-state index in [1.54, 1.807) is 19.1 Å². The Morgan fingerprint density at radius 1 is 1.12 bits per heavy atom. The Morgan fingerprint density at radius 3 is 2.56 bits per heavy atom. The topological polar surface area (TPSA) is 134 Å². The van der Waals surface area contributed by atoms with E-state index in [9.17, 15) is 9.90 Å². The molecule has 4 rings (SSSR count). The van der Waals surface area contributed by atoms with Crippen LogP contribution in [-0.4, -0.2) is 64.1 Å². The molecule has 10 heteroatoms. The quantitative estimate of drug-likeness (QED) is 0.396. The zero-order chi connectivity index (χ0) is 22.8. The highest BCUT2D eigenvalue weighted by Crippen LogP contribution is 2.32. The van der Waals surface area contributed by atoms with Crippen LogP contribution in [-0.2, 0) is 4.79 Å². The number of aromatic nitrogens is 2. The molecule has 1 saturated heterocycles. The number of aliphatic carboxylic acids is 1. The molecule has 1 unspecified atom stereocenters. The van der Waals surface area contributed by atoms with Gasteiger partial charge in [0.05, 0.1) is 11.2 Å². The third-order valence-electron chi connectivity index (χ3n) is 5.58. The normalized spacial score (nSPS) is 15.5. The van der Waals surface area contributed by atoms with Crippen molar-refractivity contribution in [1.82, 2.24) is 14.9 Å². The van der Waals surface area contributed by atoms with E-state index in [-0.39, 0.29) is 11.9 Å². The zero-order valence-electron chi connectivity index (χ0n) is 17.6. The summed E-state index contributed by atoms with van der Waals surface area (Å²) in [5.41, 5.74) is 14.3. The summed E-state index contributed by atoms with van der Waals surface area (Å²) in [6, 6.07) is 12.9. The van der Waals surface area contributed by atoms with Gasteiger partial charge in [0.1, 0.15) is 6.04 Å². The molecule has 1 atom stereocenters. The van der Waals surface area contributed by atoms with Crippen molar-refractivity contribution < 1.29 is 9.90 Å². The number of rotatable bonds is 5. The van der Waals surface area contributed by atoms with Crippen LogP contribution >= 0.6 is 11.6 Å². The molecule has 166 valence electrons. The van der Waals surface area contributed by atoms with E-state index < -0.39 is 12.0 Å². The van der Waals surface area contributed by atoms with Crippen molar-refractivity contribution >= 4 is 46.1 Å². The van der Waals surface area contributed by atoms with E-state index in [1.165, 1.54) is 0 Å². The van der Waals surface area contributed by atoms with Crippen LogP contribution in [0.2, 0.25) is 5.02 Å². The van der Waals surface area contributed by atoms with Crippen molar-refractivity contribution in [3.8, 4) is 11.3 Å². The van der Waals surface area contributed by atoms with Gasteiger partial charge < -0.3 is 21.5 Å². The molecule has 0 bridgehead atoms. The molecule has 5 N–H and O–H groups in total. The molecule has 32 heavy (non-hydrogen) atoms. The number of benzene rings is 2. The Balaban J connectivity index is 1.68. The third kappa shape index (κ3) is 4.58. The molecule has 0 saturated carbocycles. The number of halogens is 1. The van der Waals surface area contributed by atoms with Gasteiger partial charge in [-0.25, -0.2) is 9.97 Å². The Bertz CT molecular complexity index is 1190. The summed E-state index contributed by atoms with van der Waals surface area (Å²) in [5, 5.41) is 10.6. The van der Waals surface area contributed by atoms with Gasteiger partial charge in [-0.05, 0) is 37.3 Å². The van der Waals surface area contributed by atoms with Crippen molar-refractivity contribution in [3.05, 3.63) is 47.5 Å². The van der Waals surface area contributed by atoms with Crippen LogP contribution in [0, 0.1) is 0 Å². The van der Waals surface area contributed by atoms with Crippen LogP contribution in [0.5, 0.6) is 0 Å². The van der Waals surface area contributed by atoms with E-state index in [0.29, 0.717) is 29.3 Å². The molecule has 9 nitrogen and oxygen atoms in total. The minimum Gasteiger partial charge on any atom is -0.480 e. The van der Waals surface area contributed by atoms with Gasteiger partial charge in [-0.15, -0.1) is 0 Å². The molecule has 1 aliphatic rings. The molecular weight excluding hydrogens is 430 g/mol. The molecular formula is C22H24ClN7O2. The zero-order valence-corrected chi connectivity index (χ0v) is 18.3. The van der Waals surface area contributed by atoms with Crippen molar-refractivity contribution in [1.29, 1.82) is 0 Å². The number of aliphatic imine (C=N–C) groups is 1. The Labute approximate surface area is 190 Å². The number of hydrogen-bond donors (Lipinski definition) is 3. The number of guanidine groups is 1. The highest BCUT2D eigenvalue weighted by atomic mass is 35.5. The first-order valence-corrected chi connectivity index (χ1v) is 10.6. The maximum atomic E-state index is 11.3. The van der Waals surface area contributed by atoms with Gasteiger partial charge in [-0.2, -0.15) is 4.99 Å². The first-order valence-electron chi connectivity index (χ1n) is 10.2. The fourth-order valence-corrected chi connectivity index (χ4v) is 4.02. The predicted octanol–water partition coefficient (Wildman–Crippen LogP) is 2.45. The summed E-state index contributed by atoms with van der Waals surface area (Å²) in [5.74, 6) is -0.741. The van der Waals surface area contributed by atoms with Crippen molar-refractivity contribution in [2.24, 2.45) is 16.5 Å². The highest BCUT2D eigenvalue weighted by molar-refractivity contribution is 6.31. The Kier molecular flexibility index (Phi) is 6.11. The first kappa shape index (κ1) is 21.8. The molecule has 0 radical (unpaired) electrons. The second-order valence-electron chi connectivity index (χ2n) is 7.66. The minimum atomic E-state index is -0.800. The molecule has 2 heterocycles. The number of anilines is 1. The Morgan fingerprint density at radius 2 is 1.88 bits per heavy atom. The lowest BCUT2D eigenvalue weighted by molar-refractivity contribution is -0.142. The molecule has 1 aromatic heterocycles. The average molecular weight is 454 g/mol. The number of nitrogens with zero attached hydrogens (tertiary/aromatic N) is 5. The standard InChI is InChI=1S/C22H24ClN7O2/c1-13(20(31)32)29-7-9-30(10-8-29)16-4-2-3-14(11-16)19-17-12-15(23)5-6-18(17)26-22(27-19)28-21(24)25/h2-6,11-13H,7-10H2,1H3,(H,31,32)(H4,24,25,26,27,28). The van der Waals surface area contributed by atoms with Crippen LogP contribution in [0.1, 0.15) is 6.92 Å². The lowest BCUT2D eigenvalue weighted by atomic mass is 10.0. The third-order valence-corrected chi connectivity index (χ3v) is 5.81. The first-order chi connectivity index (χ1) is 15.3. The number of nitrogens with two attached hydrogens (primary N) is 2. The summed E-state index contributed by atoms with van der Waals surface area (Å²) in [6.45, 7) is 4.54. The van der Waals surface area contributed by atoms with Gasteiger partial charge in [-0.1, -0.05) is 23.7 Å². The number of carboxylic acid groups (broad SMARTS) is 1. The minimum absolute atomic E-state index is 0.119. The highest BCUT2D eigenvalue weighted by Gasteiger charge is 2.25. The Hall–Kier alpha value is -3.43. The van der Waals surface area contributed by atoms with Crippen LogP contribution in [0.3, 0.4) is 0 Å². The summed E-state index contributed by atoms with van der Waals surface area (Å²) < 4.78 is 0. The fraction of sp³-hybridized carbons (Fsp3) is 0.273. The SMILES string of the molecule is CC(C(=O)O)N1CCN(c2cccc(-c3nc(N=C(N)N)nc4ccc(Cl)cc34)c2)CC1. The van der Waals surface area contributed by atoms with Crippen LogP contribution in [0.25, 0.3) is 22.2 Å². The summed E-state index contributed by atoms with van der Waals surface area (Å²) >= 11 is 6.24. The van der Waals surface area contributed by atoms with E-state index in [4.69, 9.17) is 23.1 Å². The lowest BCUT2D eigenvalue weighted by Gasteiger charge is -2.37. The number of carboxylic acids is 1. The largest absolute Gasteiger partial charge is 0.480 e. The molecule has 2 aromatic carbocycles. The molecule has 0 spiro atoms. The van der Waals surface area contributed by atoms with Crippen LogP contribution in [0.4, 0.5) is 11.6 Å². The fourth-order valence-electron chi connectivity index (χ4n) is 3.85. The van der Waals surface area contributed by atoms with E-state index in [2.05, 4.69) is 25.9 Å². The molecule has 1 aliphatic heterocycles. The van der Waals surface area contributed by atoms with E-state index in [0.717, 1.165) is 29.7 Å². The number of hydrogen-bond acceptors (Lipinski definition) is 6. The van der Waals surface area contributed by atoms with E-state index in [1.807, 2.05) is 29.2 Å². The van der Waals surface area contributed by atoms with Gasteiger partial charge in [-0.3, -0.25) is 9.69 Å². The monoisotopic (exact) mass is 453 g/mol. The molecule has 1 fully saturated rings. The van der Waals surface area contributed by atoms with Crippen LogP contribution < -0.4 is 16.4 Å². The average Bonchev–Trinajstić information content (AvgIpc) is 2.78. The second kappa shape index (κ2) is 8.97. The van der Waals surface area contributed by atoms with Crippen molar-refractivity contribution in [3.63, 3.8) is 0 Å². The van der Waals surface area contributed by atoms with Gasteiger partial charge in [0.15, 0.2) is 5.96 Å². The molecule has 0 amide bonds. The number of fused-ring (bicyclic) bond motifs is 1. The predicted molar refractivity (Wildman–Crippen MR) is 126 cm³/mol. The summed E-state index contributed by atoms with van der Waals surface area (Å²) in [4.78, 5) is 28.5. The van der Waals surface area contributed by atoms with Gasteiger partial charge in [0.2, 0.25) is 0 Å². The second-order valence-corrected chi connectivity index (χ2v) is 8.09. The summed E-state index contributed by atoms with van der Waals surface area (Å²) in [6.07, 6.45) is 0. The van der Waals surface area contributed by atoms with Crippen LogP contribution in [0.15, 0.2) is 47.5 Å². The molecule has 3 aromatic rings. The van der Waals surface area contributed by atoms with Crippen molar-refractivity contribution in [2.75, 3.05) is 31.1 Å². The summed E-state index contributed by atoms with van der Waals surface area (Å²) in [7, 11) is 0. The number of piperazine rings is 1. The van der Waals surface area contributed by atoms with Gasteiger partial charge in [0.25, 0.3) is 5.95 Å². The lowest BCUT2D eigenvalue weighted by Crippen LogP contribution is -2.51. The maximum Gasteiger partial charge on any atom is 0.320 e. The smallest absolute Gasteiger partial charge is 0.320 e. The van der Waals surface area contributed by atoms with E-state index >= 15 is 0 Å². The number of carbonyl (C=O) groups is 1.